The number of hydrogen-bond acceptors (Lipinski definition) is 5. The third-order valence-electron chi connectivity index (χ3n) is 5.29. The minimum atomic E-state index is -0.114. The summed E-state index contributed by atoms with van der Waals surface area (Å²) in [6, 6.07) is 12.2. The quantitative estimate of drug-likeness (QED) is 0.637. The molecule has 0 spiro atoms. The van der Waals surface area contributed by atoms with Gasteiger partial charge in [-0.1, -0.05) is 30.3 Å². The van der Waals surface area contributed by atoms with Crippen molar-refractivity contribution in [1.29, 1.82) is 0 Å². The molecular formula is C23H24N4O2S. The Morgan fingerprint density at radius 1 is 1.13 bits per heavy atom. The van der Waals surface area contributed by atoms with Crippen LogP contribution in [0.5, 0.6) is 0 Å². The molecule has 2 aromatic heterocycles. The first-order valence-electron chi connectivity index (χ1n) is 10.1. The molecule has 1 unspecified atom stereocenters. The minimum Gasteiger partial charge on any atom is -0.356 e. The third kappa shape index (κ3) is 4.74. The van der Waals surface area contributed by atoms with Crippen LogP contribution in [0.4, 0.5) is 0 Å². The highest BCUT2D eigenvalue weighted by atomic mass is 32.1. The lowest BCUT2D eigenvalue weighted by Gasteiger charge is -2.36. The zero-order chi connectivity index (χ0) is 20.8. The Balaban J connectivity index is 1.34. The number of fused-ring (bicyclic) bond motifs is 1. The number of hydrogen-bond donors (Lipinski definition) is 1. The lowest BCUT2D eigenvalue weighted by Crippen LogP contribution is -2.40. The molecule has 0 saturated carbocycles. The molecule has 1 atom stereocenters. The van der Waals surface area contributed by atoms with Crippen LogP contribution in [0.1, 0.15) is 40.6 Å². The predicted octanol–water partition coefficient (Wildman–Crippen LogP) is 3.15. The average molecular weight is 421 g/mol. The molecule has 0 radical (unpaired) electrons. The second-order valence-electron chi connectivity index (χ2n) is 7.25. The van der Waals surface area contributed by atoms with E-state index in [-0.39, 0.29) is 30.7 Å². The first-order valence-corrected chi connectivity index (χ1v) is 11.0. The summed E-state index contributed by atoms with van der Waals surface area (Å²) < 4.78 is 0. The van der Waals surface area contributed by atoms with Crippen molar-refractivity contribution >= 4 is 23.2 Å². The molecule has 2 amide bonds. The van der Waals surface area contributed by atoms with Crippen molar-refractivity contribution in [2.24, 2.45) is 0 Å². The number of amides is 2. The SMILES string of the molecule is O=C(CCC(=O)N1CCc2sccc2C1c1ccccc1)NCCc1cnccn1. The van der Waals surface area contributed by atoms with E-state index in [1.54, 1.807) is 29.9 Å². The number of benzene rings is 1. The van der Waals surface area contributed by atoms with Crippen LogP contribution in [0.2, 0.25) is 0 Å². The second kappa shape index (κ2) is 9.63. The number of carbonyl (C=O) groups excluding carboxylic acids is 2. The van der Waals surface area contributed by atoms with Gasteiger partial charge in [0.05, 0.1) is 11.7 Å². The van der Waals surface area contributed by atoms with Crippen LogP contribution in [0.3, 0.4) is 0 Å². The summed E-state index contributed by atoms with van der Waals surface area (Å²) >= 11 is 1.75. The normalized spacial score (nSPS) is 15.5. The summed E-state index contributed by atoms with van der Waals surface area (Å²) in [4.78, 5) is 36.7. The van der Waals surface area contributed by atoms with Crippen molar-refractivity contribution in [3.05, 3.63) is 82.1 Å². The maximum absolute atomic E-state index is 13.0. The van der Waals surface area contributed by atoms with Gasteiger partial charge in [-0.25, -0.2) is 0 Å². The summed E-state index contributed by atoms with van der Waals surface area (Å²) in [7, 11) is 0. The van der Waals surface area contributed by atoms with Gasteiger partial charge in [0, 0.05) is 55.8 Å². The molecular weight excluding hydrogens is 396 g/mol. The summed E-state index contributed by atoms with van der Waals surface area (Å²) in [5.74, 6) is -0.0958. The van der Waals surface area contributed by atoms with E-state index in [9.17, 15) is 9.59 Å². The van der Waals surface area contributed by atoms with Gasteiger partial charge in [0.2, 0.25) is 11.8 Å². The molecule has 0 aliphatic carbocycles. The van der Waals surface area contributed by atoms with E-state index in [2.05, 4.69) is 38.9 Å². The predicted molar refractivity (Wildman–Crippen MR) is 116 cm³/mol. The number of nitrogens with zero attached hydrogens (tertiary/aromatic N) is 3. The number of thiophene rings is 1. The van der Waals surface area contributed by atoms with Gasteiger partial charge >= 0.3 is 0 Å². The van der Waals surface area contributed by atoms with Gasteiger partial charge in [0.25, 0.3) is 0 Å². The summed E-state index contributed by atoms with van der Waals surface area (Å²) in [5.41, 5.74) is 3.15. The fourth-order valence-electron chi connectivity index (χ4n) is 3.82. The van der Waals surface area contributed by atoms with Gasteiger partial charge in [-0.05, 0) is 29.0 Å². The molecule has 3 heterocycles. The van der Waals surface area contributed by atoms with Gasteiger partial charge in [-0.15, -0.1) is 11.3 Å². The van der Waals surface area contributed by atoms with Crippen LogP contribution in [0.25, 0.3) is 0 Å². The maximum Gasteiger partial charge on any atom is 0.223 e. The highest BCUT2D eigenvalue weighted by molar-refractivity contribution is 7.10. The first kappa shape index (κ1) is 20.2. The smallest absolute Gasteiger partial charge is 0.223 e. The van der Waals surface area contributed by atoms with Crippen molar-refractivity contribution in [3.63, 3.8) is 0 Å². The van der Waals surface area contributed by atoms with Gasteiger partial charge < -0.3 is 10.2 Å². The lowest BCUT2D eigenvalue weighted by molar-refractivity contribution is -0.135. The Kier molecular flexibility index (Phi) is 6.49. The minimum absolute atomic E-state index is 0.0183. The number of nitrogens with one attached hydrogen (secondary N) is 1. The number of aromatic nitrogens is 2. The fourth-order valence-corrected chi connectivity index (χ4v) is 4.73. The van der Waals surface area contributed by atoms with Crippen molar-refractivity contribution in [1.82, 2.24) is 20.2 Å². The summed E-state index contributed by atoms with van der Waals surface area (Å²) in [6.07, 6.45) is 6.83. The van der Waals surface area contributed by atoms with Crippen LogP contribution >= 0.6 is 11.3 Å². The molecule has 30 heavy (non-hydrogen) atoms. The third-order valence-corrected chi connectivity index (χ3v) is 6.28. The Morgan fingerprint density at radius 2 is 2.00 bits per heavy atom. The molecule has 0 fully saturated rings. The molecule has 1 aliphatic rings. The van der Waals surface area contributed by atoms with E-state index < -0.39 is 0 Å². The highest BCUT2D eigenvalue weighted by Gasteiger charge is 2.32. The van der Waals surface area contributed by atoms with Gasteiger partial charge in [-0.3, -0.25) is 19.6 Å². The van der Waals surface area contributed by atoms with E-state index in [1.807, 2.05) is 23.1 Å². The number of carbonyl (C=O) groups is 2. The Morgan fingerprint density at radius 3 is 2.80 bits per heavy atom. The van der Waals surface area contributed by atoms with E-state index >= 15 is 0 Å². The van der Waals surface area contributed by atoms with E-state index in [1.165, 1.54) is 10.4 Å². The fraction of sp³-hybridized carbons (Fsp3) is 0.304. The molecule has 1 aliphatic heterocycles. The maximum atomic E-state index is 13.0. The average Bonchev–Trinajstić information content (AvgIpc) is 3.27. The lowest BCUT2D eigenvalue weighted by atomic mass is 9.93. The zero-order valence-electron chi connectivity index (χ0n) is 16.7. The molecule has 6 nitrogen and oxygen atoms in total. The van der Waals surface area contributed by atoms with E-state index in [0.29, 0.717) is 19.5 Å². The van der Waals surface area contributed by atoms with Crippen LogP contribution in [-0.2, 0) is 22.4 Å². The van der Waals surface area contributed by atoms with Gasteiger partial charge in [0.15, 0.2) is 0 Å². The molecule has 1 aromatic carbocycles. The first-order chi connectivity index (χ1) is 14.7. The monoisotopic (exact) mass is 420 g/mol. The van der Waals surface area contributed by atoms with Gasteiger partial charge in [-0.2, -0.15) is 0 Å². The summed E-state index contributed by atoms with van der Waals surface area (Å²) in [5, 5.41) is 4.96. The van der Waals surface area contributed by atoms with Crippen LogP contribution in [0, 0.1) is 0 Å². The molecule has 1 N–H and O–H groups in total. The van der Waals surface area contributed by atoms with Crippen molar-refractivity contribution < 1.29 is 9.59 Å². The summed E-state index contributed by atoms with van der Waals surface area (Å²) in [6.45, 7) is 1.17. The molecule has 0 bridgehead atoms. The standard InChI is InChI=1S/C23H24N4O2S/c28-21(26-11-8-18-16-24-12-13-25-18)6-7-22(29)27-14-9-20-19(10-15-30-20)23(27)17-4-2-1-3-5-17/h1-5,10,12-13,15-16,23H,6-9,11,14H2,(H,26,28). The highest BCUT2D eigenvalue weighted by Crippen LogP contribution is 2.38. The van der Waals surface area contributed by atoms with Crippen LogP contribution in [0.15, 0.2) is 60.4 Å². The van der Waals surface area contributed by atoms with E-state index in [4.69, 9.17) is 0 Å². The van der Waals surface area contributed by atoms with Crippen LogP contribution in [-0.4, -0.2) is 39.8 Å². The number of rotatable bonds is 7. The molecule has 7 heteroatoms. The van der Waals surface area contributed by atoms with Crippen molar-refractivity contribution in [3.8, 4) is 0 Å². The Labute approximate surface area is 180 Å². The van der Waals surface area contributed by atoms with E-state index in [0.717, 1.165) is 17.7 Å². The van der Waals surface area contributed by atoms with Crippen molar-refractivity contribution in [2.45, 2.75) is 31.7 Å². The molecule has 0 saturated heterocycles. The second-order valence-corrected chi connectivity index (χ2v) is 8.25. The Bertz CT molecular complexity index is 991. The van der Waals surface area contributed by atoms with Crippen molar-refractivity contribution in [2.75, 3.05) is 13.1 Å². The molecule has 4 rings (SSSR count). The topological polar surface area (TPSA) is 75.2 Å². The molecule has 154 valence electrons. The Hall–Kier alpha value is -3.06. The molecule has 3 aromatic rings. The zero-order valence-corrected chi connectivity index (χ0v) is 17.5. The largest absolute Gasteiger partial charge is 0.356 e. The van der Waals surface area contributed by atoms with Gasteiger partial charge in [0.1, 0.15) is 0 Å². The van der Waals surface area contributed by atoms with Crippen LogP contribution < -0.4 is 5.32 Å².